The average molecular weight is 454 g/mol. The first kappa shape index (κ1) is 23.9. The Hall–Kier alpha value is -2.80. The minimum Gasteiger partial charge on any atom is -0.355 e. The lowest BCUT2D eigenvalue weighted by atomic mass is 9.89. The van der Waals surface area contributed by atoms with Crippen LogP contribution in [0.1, 0.15) is 58.4 Å². The van der Waals surface area contributed by atoms with E-state index in [0.29, 0.717) is 23.6 Å². The summed E-state index contributed by atoms with van der Waals surface area (Å²) in [5.41, 5.74) is 2.03. The van der Waals surface area contributed by atoms with Crippen molar-refractivity contribution in [2.75, 3.05) is 19.3 Å². The Labute approximate surface area is 193 Å². The Bertz CT molecular complexity index is 924. The first-order valence-corrected chi connectivity index (χ1v) is 12.1. The number of hydrogen-bond donors (Lipinski definition) is 3. The van der Waals surface area contributed by atoms with Gasteiger partial charge in [-0.15, -0.1) is 11.8 Å². The van der Waals surface area contributed by atoms with Crippen LogP contribution in [0.3, 0.4) is 0 Å². The number of rotatable bonds is 9. The number of carbonyl (C=O) groups excluding carboxylic acids is 3. The van der Waals surface area contributed by atoms with Crippen LogP contribution in [0.2, 0.25) is 0 Å². The zero-order valence-electron chi connectivity index (χ0n) is 18.5. The van der Waals surface area contributed by atoms with Crippen LogP contribution in [0.15, 0.2) is 53.4 Å². The zero-order chi connectivity index (χ0) is 22.8. The lowest BCUT2D eigenvalue weighted by molar-refractivity contribution is -0.118. The Balaban J connectivity index is 1.49. The van der Waals surface area contributed by atoms with E-state index in [1.54, 1.807) is 25.2 Å². The molecule has 0 heterocycles. The Morgan fingerprint density at radius 3 is 2.34 bits per heavy atom. The van der Waals surface area contributed by atoms with E-state index in [1.807, 2.05) is 30.3 Å². The summed E-state index contributed by atoms with van der Waals surface area (Å²) >= 11 is 1.38. The topological polar surface area (TPSA) is 87.3 Å². The van der Waals surface area contributed by atoms with Gasteiger partial charge in [0.25, 0.3) is 11.8 Å². The maximum Gasteiger partial charge on any atom is 0.252 e. The molecule has 2 aromatic carbocycles. The fraction of sp³-hybridized carbons (Fsp3) is 0.400. The number of carbonyl (C=O) groups is 3. The van der Waals surface area contributed by atoms with Gasteiger partial charge < -0.3 is 16.0 Å². The molecule has 0 spiro atoms. The summed E-state index contributed by atoms with van der Waals surface area (Å²) in [7, 11) is 1.59. The van der Waals surface area contributed by atoms with Crippen LogP contribution in [0.4, 0.5) is 0 Å². The molecular weight excluding hydrogens is 422 g/mol. The Morgan fingerprint density at radius 2 is 1.62 bits per heavy atom. The van der Waals surface area contributed by atoms with Crippen LogP contribution in [0.5, 0.6) is 0 Å². The normalized spacial score (nSPS) is 13.9. The molecule has 3 N–H and O–H groups in total. The van der Waals surface area contributed by atoms with Gasteiger partial charge in [0.05, 0.1) is 11.3 Å². The molecular formula is C25H31N3O3S. The third-order valence-corrected chi connectivity index (χ3v) is 6.77. The number of thioether (sulfide) groups is 1. The molecule has 1 aliphatic rings. The van der Waals surface area contributed by atoms with E-state index in [9.17, 15) is 14.4 Å². The van der Waals surface area contributed by atoms with Crippen LogP contribution in [0, 0.1) is 5.92 Å². The Morgan fingerprint density at radius 1 is 0.906 bits per heavy atom. The summed E-state index contributed by atoms with van der Waals surface area (Å²) in [6.45, 7) is 1.11. The van der Waals surface area contributed by atoms with Crippen molar-refractivity contribution in [3.63, 3.8) is 0 Å². The third kappa shape index (κ3) is 7.12. The Kier molecular flexibility index (Phi) is 9.16. The van der Waals surface area contributed by atoms with Gasteiger partial charge in [0.2, 0.25) is 5.91 Å². The van der Waals surface area contributed by atoms with Gasteiger partial charge >= 0.3 is 0 Å². The molecule has 0 bridgehead atoms. The second kappa shape index (κ2) is 12.3. The molecule has 0 saturated heterocycles. The molecule has 1 aliphatic carbocycles. The predicted molar refractivity (Wildman–Crippen MR) is 128 cm³/mol. The highest BCUT2D eigenvalue weighted by Crippen LogP contribution is 2.24. The molecule has 0 aliphatic heterocycles. The van der Waals surface area contributed by atoms with Crippen molar-refractivity contribution in [1.82, 2.24) is 16.0 Å². The van der Waals surface area contributed by atoms with Crippen molar-refractivity contribution in [1.29, 1.82) is 0 Å². The van der Waals surface area contributed by atoms with E-state index in [-0.39, 0.29) is 23.5 Å². The number of amides is 3. The van der Waals surface area contributed by atoms with E-state index in [2.05, 4.69) is 16.0 Å². The van der Waals surface area contributed by atoms with Crippen LogP contribution < -0.4 is 16.0 Å². The highest BCUT2D eigenvalue weighted by Gasteiger charge is 2.16. The summed E-state index contributed by atoms with van der Waals surface area (Å²) in [5.74, 6) is 0.561. The summed E-state index contributed by atoms with van der Waals surface area (Å²) in [6, 6.07) is 14.4. The van der Waals surface area contributed by atoms with Gasteiger partial charge in [0, 0.05) is 30.6 Å². The quantitative estimate of drug-likeness (QED) is 0.505. The van der Waals surface area contributed by atoms with Crippen molar-refractivity contribution in [3.05, 3.63) is 65.2 Å². The molecule has 1 saturated carbocycles. The minimum absolute atomic E-state index is 0.00647. The van der Waals surface area contributed by atoms with Crippen molar-refractivity contribution in [2.45, 2.75) is 43.5 Å². The first-order valence-electron chi connectivity index (χ1n) is 11.1. The molecule has 32 heavy (non-hydrogen) atoms. The number of benzene rings is 2. The van der Waals surface area contributed by atoms with E-state index in [0.717, 1.165) is 17.0 Å². The molecule has 1 fully saturated rings. The predicted octanol–water partition coefficient (Wildman–Crippen LogP) is 3.76. The molecule has 3 rings (SSSR count). The van der Waals surface area contributed by atoms with Crippen LogP contribution >= 0.6 is 11.8 Å². The molecule has 0 aromatic heterocycles. The summed E-state index contributed by atoms with van der Waals surface area (Å²) < 4.78 is 0. The van der Waals surface area contributed by atoms with Gasteiger partial charge in [0.15, 0.2) is 0 Å². The van der Waals surface area contributed by atoms with Crippen molar-refractivity contribution in [3.8, 4) is 0 Å². The second-order valence-corrected chi connectivity index (χ2v) is 9.07. The van der Waals surface area contributed by atoms with E-state index in [1.165, 1.54) is 43.9 Å². The smallest absolute Gasteiger partial charge is 0.252 e. The number of nitrogens with one attached hydrogen (secondary N) is 3. The van der Waals surface area contributed by atoms with Crippen molar-refractivity contribution in [2.24, 2.45) is 5.92 Å². The van der Waals surface area contributed by atoms with E-state index in [4.69, 9.17) is 0 Å². The molecule has 7 heteroatoms. The largest absolute Gasteiger partial charge is 0.355 e. The molecule has 6 nitrogen and oxygen atoms in total. The monoisotopic (exact) mass is 453 g/mol. The van der Waals surface area contributed by atoms with Crippen LogP contribution in [0.25, 0.3) is 0 Å². The molecule has 2 aromatic rings. The lowest BCUT2D eigenvalue weighted by Crippen LogP contribution is -2.31. The summed E-state index contributed by atoms with van der Waals surface area (Å²) in [5, 5.41) is 8.55. The number of hydrogen-bond acceptors (Lipinski definition) is 4. The van der Waals surface area contributed by atoms with Gasteiger partial charge in [0.1, 0.15) is 0 Å². The van der Waals surface area contributed by atoms with Crippen molar-refractivity contribution < 1.29 is 14.4 Å². The van der Waals surface area contributed by atoms with Gasteiger partial charge in [-0.1, -0.05) is 43.5 Å². The zero-order valence-corrected chi connectivity index (χ0v) is 19.3. The summed E-state index contributed by atoms with van der Waals surface area (Å²) in [6.07, 6.45) is 6.22. The maximum absolute atomic E-state index is 12.7. The molecule has 170 valence electrons. The lowest BCUT2D eigenvalue weighted by Gasteiger charge is -2.21. The third-order valence-electron chi connectivity index (χ3n) is 5.70. The molecule has 0 unspecified atom stereocenters. The first-order chi connectivity index (χ1) is 15.6. The fourth-order valence-electron chi connectivity index (χ4n) is 3.82. The highest BCUT2D eigenvalue weighted by atomic mass is 32.2. The molecule has 3 amide bonds. The van der Waals surface area contributed by atoms with Gasteiger partial charge in [-0.2, -0.15) is 0 Å². The molecule has 0 radical (unpaired) electrons. The molecule has 0 atom stereocenters. The maximum atomic E-state index is 12.7. The van der Waals surface area contributed by atoms with Gasteiger partial charge in [-0.25, -0.2) is 0 Å². The van der Waals surface area contributed by atoms with Crippen LogP contribution in [-0.2, 0) is 11.3 Å². The van der Waals surface area contributed by atoms with Gasteiger partial charge in [-0.05, 0) is 48.6 Å². The van der Waals surface area contributed by atoms with Crippen molar-refractivity contribution >= 4 is 29.5 Å². The van der Waals surface area contributed by atoms with E-state index < -0.39 is 0 Å². The second-order valence-electron chi connectivity index (χ2n) is 8.05. The summed E-state index contributed by atoms with van der Waals surface area (Å²) in [4.78, 5) is 37.5. The SMILES string of the molecule is CNC(=O)c1ccc(CNC(=O)c2ccccc2SCC(=O)NCC2CCCCC2)cc1. The van der Waals surface area contributed by atoms with Crippen LogP contribution in [-0.4, -0.2) is 37.1 Å². The standard InChI is InChI=1S/C25H31N3O3S/c1-26-24(30)20-13-11-19(12-14-20)16-28-25(31)21-9-5-6-10-22(21)32-17-23(29)27-15-18-7-3-2-4-8-18/h5-6,9-14,18H,2-4,7-8,15-17H2,1H3,(H,26,30)(H,27,29)(H,28,31). The fourth-order valence-corrected chi connectivity index (χ4v) is 4.70. The van der Waals surface area contributed by atoms with E-state index >= 15 is 0 Å². The van der Waals surface area contributed by atoms with Gasteiger partial charge in [-0.3, -0.25) is 14.4 Å². The minimum atomic E-state index is -0.189. The average Bonchev–Trinajstić information content (AvgIpc) is 2.85. The highest BCUT2D eigenvalue weighted by molar-refractivity contribution is 8.00.